The molecule has 2 saturated heterocycles. The number of nitrogens with zero attached hydrogens (tertiary/aromatic N) is 2. The van der Waals surface area contributed by atoms with Gasteiger partial charge in [0.2, 0.25) is 0 Å². The monoisotopic (exact) mass is 369 g/mol. The third kappa shape index (κ3) is 5.06. The number of carbonyl (C=O) groups is 1. The van der Waals surface area contributed by atoms with Crippen molar-refractivity contribution in [1.82, 2.24) is 9.80 Å². The smallest absolute Gasteiger partial charge is 0.322 e. The Balaban J connectivity index is 1.57. The standard InChI is InChI=1S/C18H25ClFN3O2/c19-16-13-14(4-5-17(16)20)21-18(24)23-7-2-1-3-15(23)6-8-22-9-11-25-12-10-22/h4-5,13,15H,1-3,6-12H2,(H,21,24)/t15-/m0/s1. The van der Waals surface area contributed by atoms with Crippen LogP contribution in [0.1, 0.15) is 25.7 Å². The van der Waals surface area contributed by atoms with Crippen LogP contribution < -0.4 is 5.32 Å². The van der Waals surface area contributed by atoms with Crippen LogP contribution in [-0.4, -0.2) is 61.3 Å². The van der Waals surface area contributed by atoms with Crippen LogP contribution in [0.3, 0.4) is 0 Å². The van der Waals surface area contributed by atoms with Gasteiger partial charge in [-0.3, -0.25) is 4.90 Å². The molecule has 3 rings (SSSR count). The van der Waals surface area contributed by atoms with E-state index < -0.39 is 5.82 Å². The normalized spacial score (nSPS) is 22.0. The van der Waals surface area contributed by atoms with Crippen molar-refractivity contribution in [3.8, 4) is 0 Å². The summed E-state index contributed by atoms with van der Waals surface area (Å²) in [6.45, 7) is 5.26. The van der Waals surface area contributed by atoms with Crippen molar-refractivity contribution in [3.05, 3.63) is 29.0 Å². The van der Waals surface area contributed by atoms with Crippen LogP contribution in [0.15, 0.2) is 18.2 Å². The molecule has 0 aliphatic carbocycles. The van der Waals surface area contributed by atoms with E-state index in [0.717, 1.165) is 65.1 Å². The van der Waals surface area contributed by atoms with E-state index in [0.29, 0.717) is 5.69 Å². The molecular formula is C18H25ClFN3O2. The molecule has 0 saturated carbocycles. The molecule has 0 spiro atoms. The number of benzene rings is 1. The summed E-state index contributed by atoms with van der Waals surface area (Å²) < 4.78 is 18.6. The SMILES string of the molecule is O=C(Nc1ccc(F)c(Cl)c1)N1CCCC[C@H]1CCN1CCOCC1. The van der Waals surface area contributed by atoms with E-state index >= 15 is 0 Å². The summed E-state index contributed by atoms with van der Waals surface area (Å²) in [5.74, 6) is -0.485. The van der Waals surface area contributed by atoms with Crippen LogP contribution in [0.2, 0.25) is 5.02 Å². The van der Waals surface area contributed by atoms with Crippen molar-refractivity contribution in [2.75, 3.05) is 44.7 Å². The molecule has 138 valence electrons. The topological polar surface area (TPSA) is 44.8 Å². The summed E-state index contributed by atoms with van der Waals surface area (Å²) in [6, 6.07) is 4.36. The molecule has 2 fully saturated rings. The van der Waals surface area contributed by atoms with Gasteiger partial charge in [-0.2, -0.15) is 0 Å². The molecule has 2 amide bonds. The second-order valence-corrected chi connectivity index (χ2v) is 7.05. The summed E-state index contributed by atoms with van der Waals surface area (Å²) in [5, 5.41) is 2.86. The van der Waals surface area contributed by atoms with Gasteiger partial charge >= 0.3 is 6.03 Å². The van der Waals surface area contributed by atoms with Gasteiger partial charge in [-0.15, -0.1) is 0 Å². The number of likely N-dealkylation sites (tertiary alicyclic amines) is 1. The number of rotatable bonds is 4. The van der Waals surface area contributed by atoms with Gasteiger partial charge in [-0.1, -0.05) is 11.6 Å². The zero-order valence-corrected chi connectivity index (χ0v) is 15.1. The Morgan fingerprint density at radius 3 is 2.84 bits per heavy atom. The highest BCUT2D eigenvalue weighted by Gasteiger charge is 2.27. The third-order valence-corrected chi connectivity index (χ3v) is 5.23. The van der Waals surface area contributed by atoms with Crippen molar-refractivity contribution in [2.45, 2.75) is 31.7 Å². The number of nitrogens with one attached hydrogen (secondary N) is 1. The van der Waals surface area contributed by atoms with E-state index in [2.05, 4.69) is 10.2 Å². The number of hydrogen-bond acceptors (Lipinski definition) is 3. The molecule has 5 nitrogen and oxygen atoms in total. The number of anilines is 1. The van der Waals surface area contributed by atoms with Crippen LogP contribution in [-0.2, 0) is 4.74 Å². The van der Waals surface area contributed by atoms with Crippen LogP contribution in [0.4, 0.5) is 14.9 Å². The Morgan fingerprint density at radius 1 is 1.28 bits per heavy atom. The lowest BCUT2D eigenvalue weighted by atomic mass is 9.99. The Kier molecular flexibility index (Phi) is 6.51. The van der Waals surface area contributed by atoms with Gasteiger partial charge in [0, 0.05) is 37.9 Å². The predicted octanol–water partition coefficient (Wildman–Crippen LogP) is 3.59. The number of carbonyl (C=O) groups excluding carboxylic acids is 1. The summed E-state index contributed by atoms with van der Waals surface area (Å²) in [7, 11) is 0. The number of urea groups is 1. The minimum Gasteiger partial charge on any atom is -0.379 e. The van der Waals surface area contributed by atoms with Gasteiger partial charge in [0.1, 0.15) is 5.82 Å². The fourth-order valence-electron chi connectivity index (χ4n) is 3.49. The molecule has 2 aliphatic rings. The Bertz CT molecular complexity index is 596. The molecule has 1 N–H and O–H groups in total. The van der Waals surface area contributed by atoms with Gasteiger partial charge in [-0.25, -0.2) is 9.18 Å². The minimum absolute atomic E-state index is 0.0142. The summed E-state index contributed by atoms with van der Waals surface area (Å²) in [4.78, 5) is 17.0. The maximum Gasteiger partial charge on any atom is 0.322 e. The number of morpholine rings is 1. The molecule has 0 aromatic heterocycles. The van der Waals surface area contributed by atoms with Gasteiger partial charge in [0.25, 0.3) is 0 Å². The average Bonchev–Trinajstić information content (AvgIpc) is 2.64. The van der Waals surface area contributed by atoms with E-state index in [-0.39, 0.29) is 17.1 Å². The quantitative estimate of drug-likeness (QED) is 0.882. The second kappa shape index (κ2) is 8.83. The maximum atomic E-state index is 13.3. The molecule has 2 aliphatic heterocycles. The van der Waals surface area contributed by atoms with Crippen LogP contribution in [0.25, 0.3) is 0 Å². The molecule has 0 unspecified atom stereocenters. The zero-order valence-electron chi connectivity index (χ0n) is 14.3. The van der Waals surface area contributed by atoms with Gasteiger partial charge in [0.15, 0.2) is 0 Å². The highest BCUT2D eigenvalue weighted by atomic mass is 35.5. The van der Waals surface area contributed by atoms with Crippen LogP contribution in [0, 0.1) is 5.82 Å². The number of halogens is 2. The summed E-state index contributed by atoms with van der Waals surface area (Å²) >= 11 is 5.79. The molecule has 1 atom stereocenters. The molecule has 1 aromatic carbocycles. The fourth-order valence-corrected chi connectivity index (χ4v) is 3.67. The second-order valence-electron chi connectivity index (χ2n) is 6.64. The zero-order chi connectivity index (χ0) is 17.6. The number of amides is 2. The number of ether oxygens (including phenoxy) is 1. The van der Waals surface area contributed by atoms with Crippen molar-refractivity contribution >= 4 is 23.3 Å². The first kappa shape index (κ1) is 18.4. The van der Waals surface area contributed by atoms with Crippen LogP contribution in [0.5, 0.6) is 0 Å². The fraction of sp³-hybridized carbons (Fsp3) is 0.611. The van der Waals surface area contributed by atoms with Crippen LogP contribution >= 0.6 is 11.6 Å². The largest absolute Gasteiger partial charge is 0.379 e. The molecular weight excluding hydrogens is 345 g/mol. The van der Waals surface area contributed by atoms with Gasteiger partial charge in [-0.05, 0) is 43.9 Å². The molecule has 25 heavy (non-hydrogen) atoms. The lowest BCUT2D eigenvalue weighted by Crippen LogP contribution is -2.48. The lowest BCUT2D eigenvalue weighted by Gasteiger charge is -2.37. The predicted molar refractivity (Wildman–Crippen MR) is 96.6 cm³/mol. The maximum absolute atomic E-state index is 13.3. The Labute approximate surface area is 153 Å². The first-order valence-corrected chi connectivity index (χ1v) is 9.34. The molecule has 7 heteroatoms. The lowest BCUT2D eigenvalue weighted by molar-refractivity contribution is 0.0329. The molecule has 0 radical (unpaired) electrons. The van der Waals surface area contributed by atoms with Crippen molar-refractivity contribution < 1.29 is 13.9 Å². The van der Waals surface area contributed by atoms with Crippen molar-refractivity contribution in [1.29, 1.82) is 0 Å². The summed E-state index contributed by atoms with van der Waals surface area (Å²) in [5.41, 5.74) is 0.522. The Morgan fingerprint density at radius 2 is 2.08 bits per heavy atom. The first-order chi connectivity index (χ1) is 12.1. The minimum atomic E-state index is -0.485. The van der Waals surface area contributed by atoms with Crippen molar-refractivity contribution in [3.63, 3.8) is 0 Å². The average molecular weight is 370 g/mol. The number of hydrogen-bond donors (Lipinski definition) is 1. The van der Waals surface area contributed by atoms with E-state index in [4.69, 9.17) is 16.3 Å². The highest BCUT2D eigenvalue weighted by Crippen LogP contribution is 2.23. The third-order valence-electron chi connectivity index (χ3n) is 4.94. The van der Waals surface area contributed by atoms with E-state index in [1.54, 1.807) is 0 Å². The molecule has 1 aromatic rings. The van der Waals surface area contributed by atoms with E-state index in [1.165, 1.54) is 18.2 Å². The van der Waals surface area contributed by atoms with Gasteiger partial charge in [0.05, 0.1) is 18.2 Å². The first-order valence-electron chi connectivity index (χ1n) is 8.96. The molecule has 0 bridgehead atoms. The Hall–Kier alpha value is -1.37. The van der Waals surface area contributed by atoms with E-state index in [9.17, 15) is 9.18 Å². The van der Waals surface area contributed by atoms with Crippen molar-refractivity contribution in [2.24, 2.45) is 0 Å². The van der Waals surface area contributed by atoms with E-state index in [1.807, 2.05) is 4.90 Å². The summed E-state index contributed by atoms with van der Waals surface area (Å²) in [6.07, 6.45) is 4.17. The molecule has 2 heterocycles. The highest BCUT2D eigenvalue weighted by molar-refractivity contribution is 6.31. The van der Waals surface area contributed by atoms with Gasteiger partial charge < -0.3 is 15.0 Å². The number of piperidine rings is 1.